The summed E-state index contributed by atoms with van der Waals surface area (Å²) in [4.78, 5) is 21.7. The van der Waals surface area contributed by atoms with E-state index in [0.29, 0.717) is 12.1 Å². The summed E-state index contributed by atoms with van der Waals surface area (Å²) >= 11 is 0. The van der Waals surface area contributed by atoms with Gasteiger partial charge in [-0.1, -0.05) is 24.3 Å². The number of carbonyl (C=O) groups is 1. The Morgan fingerprint density at radius 2 is 1.56 bits per heavy atom. The number of pyridine rings is 1. The van der Waals surface area contributed by atoms with Crippen LogP contribution in [0, 0.1) is 17.6 Å². The van der Waals surface area contributed by atoms with E-state index in [9.17, 15) is 13.6 Å². The van der Waals surface area contributed by atoms with Gasteiger partial charge in [0.2, 0.25) is 0 Å². The predicted molar refractivity (Wildman–Crippen MR) is 118 cm³/mol. The number of benzene rings is 2. The van der Waals surface area contributed by atoms with Gasteiger partial charge in [-0.05, 0) is 53.9 Å². The van der Waals surface area contributed by atoms with Crippen LogP contribution in [0.5, 0.6) is 0 Å². The molecule has 0 saturated carbocycles. The summed E-state index contributed by atoms with van der Waals surface area (Å²) in [7, 11) is 0. The molecule has 32 heavy (non-hydrogen) atoms. The fraction of sp³-hybridized carbons (Fsp3) is 0.308. The fourth-order valence-corrected chi connectivity index (χ4v) is 5.25. The third-order valence-electron chi connectivity index (χ3n) is 6.82. The van der Waals surface area contributed by atoms with E-state index >= 15 is 0 Å². The van der Waals surface area contributed by atoms with Crippen LogP contribution in [0.1, 0.15) is 33.8 Å². The third-order valence-corrected chi connectivity index (χ3v) is 6.82. The smallest absolute Gasteiger partial charge is 0.254 e. The monoisotopic (exact) mass is 433 g/mol. The Hall–Kier alpha value is -3.12. The number of amides is 1. The highest BCUT2D eigenvalue weighted by molar-refractivity contribution is 5.94. The Kier molecular flexibility index (Phi) is 5.70. The van der Waals surface area contributed by atoms with Gasteiger partial charge in [0.05, 0.1) is 0 Å². The summed E-state index contributed by atoms with van der Waals surface area (Å²) in [5.41, 5.74) is 2.79. The molecule has 0 N–H and O–H groups in total. The molecular weight excluding hydrogens is 408 g/mol. The van der Waals surface area contributed by atoms with Crippen molar-refractivity contribution in [1.82, 2.24) is 14.8 Å². The van der Waals surface area contributed by atoms with Crippen molar-refractivity contribution in [3.8, 4) is 0 Å². The van der Waals surface area contributed by atoms with Crippen molar-refractivity contribution in [2.75, 3.05) is 19.6 Å². The number of piperidine rings is 1. The van der Waals surface area contributed by atoms with Crippen LogP contribution in [0.25, 0.3) is 0 Å². The Bertz CT molecular complexity index is 1070. The molecule has 3 atom stereocenters. The summed E-state index contributed by atoms with van der Waals surface area (Å²) in [5, 5.41) is 0. The first-order valence-corrected chi connectivity index (χ1v) is 11.0. The van der Waals surface area contributed by atoms with Crippen LogP contribution in [0.3, 0.4) is 0 Å². The summed E-state index contributed by atoms with van der Waals surface area (Å²) < 4.78 is 26.8. The van der Waals surface area contributed by atoms with Gasteiger partial charge in [-0.15, -0.1) is 0 Å². The van der Waals surface area contributed by atoms with Crippen molar-refractivity contribution in [1.29, 1.82) is 0 Å². The normalized spacial score (nSPS) is 23.2. The molecular formula is C26H25F2N3O. The molecule has 2 fully saturated rings. The second-order valence-electron chi connectivity index (χ2n) is 8.73. The first kappa shape index (κ1) is 20.8. The van der Waals surface area contributed by atoms with Gasteiger partial charge in [0.25, 0.3) is 5.91 Å². The molecule has 5 rings (SSSR count). The lowest BCUT2D eigenvalue weighted by Crippen LogP contribution is -2.47. The minimum atomic E-state index is -0.255. The fourth-order valence-electron chi connectivity index (χ4n) is 5.25. The van der Waals surface area contributed by atoms with Gasteiger partial charge in [0.15, 0.2) is 0 Å². The SMILES string of the molecule is O=C(c1ccncc1)N1C[C@@H](c2ccc(F)cc2)[C@@H]2CN(Cc3ccc(F)cc3)CC[C@@H]21. The Morgan fingerprint density at radius 1 is 0.906 bits per heavy atom. The molecule has 0 unspecified atom stereocenters. The number of aromatic nitrogens is 1. The molecule has 3 aromatic rings. The number of rotatable bonds is 4. The van der Waals surface area contributed by atoms with Gasteiger partial charge in [0, 0.05) is 62.0 Å². The molecule has 2 aromatic carbocycles. The Labute approximate surface area is 186 Å². The van der Waals surface area contributed by atoms with E-state index in [2.05, 4.69) is 9.88 Å². The maximum Gasteiger partial charge on any atom is 0.254 e. The predicted octanol–water partition coefficient (Wildman–Crippen LogP) is 4.49. The number of hydrogen-bond donors (Lipinski definition) is 0. The molecule has 0 aliphatic carbocycles. The maximum atomic E-state index is 13.6. The lowest BCUT2D eigenvalue weighted by Gasteiger charge is -2.39. The van der Waals surface area contributed by atoms with Crippen LogP contribution in [-0.4, -0.2) is 46.4 Å². The lowest BCUT2D eigenvalue weighted by atomic mass is 9.81. The van der Waals surface area contributed by atoms with Gasteiger partial charge >= 0.3 is 0 Å². The highest BCUT2D eigenvalue weighted by Gasteiger charge is 2.47. The van der Waals surface area contributed by atoms with Crippen molar-refractivity contribution in [3.05, 3.63) is 101 Å². The van der Waals surface area contributed by atoms with E-state index in [4.69, 9.17) is 0 Å². The molecule has 2 saturated heterocycles. The molecule has 0 radical (unpaired) electrons. The van der Waals surface area contributed by atoms with Crippen molar-refractivity contribution < 1.29 is 13.6 Å². The molecule has 6 heteroatoms. The van der Waals surface area contributed by atoms with E-state index in [1.54, 1.807) is 24.5 Å². The van der Waals surface area contributed by atoms with Crippen molar-refractivity contribution in [2.24, 2.45) is 5.92 Å². The first-order chi connectivity index (χ1) is 15.6. The quantitative estimate of drug-likeness (QED) is 0.608. The van der Waals surface area contributed by atoms with E-state index in [1.165, 1.54) is 24.3 Å². The molecule has 0 bridgehead atoms. The number of halogens is 2. The molecule has 3 heterocycles. The second-order valence-corrected chi connectivity index (χ2v) is 8.73. The zero-order valence-corrected chi connectivity index (χ0v) is 17.7. The molecule has 2 aliphatic heterocycles. The van der Waals surface area contributed by atoms with Crippen LogP contribution in [0.2, 0.25) is 0 Å². The van der Waals surface area contributed by atoms with Crippen LogP contribution < -0.4 is 0 Å². The standard InChI is InChI=1S/C26H25F2N3O/c27-21-5-1-18(2-6-21)15-30-14-11-25-24(16-30)23(19-3-7-22(28)8-4-19)17-31(25)26(32)20-9-12-29-13-10-20/h1-10,12-13,23-25H,11,14-17H2/t23-,24-,25-/m0/s1. The van der Waals surface area contributed by atoms with E-state index < -0.39 is 0 Å². The molecule has 164 valence electrons. The van der Waals surface area contributed by atoms with Gasteiger partial charge < -0.3 is 4.90 Å². The van der Waals surface area contributed by atoms with E-state index in [1.807, 2.05) is 29.2 Å². The Morgan fingerprint density at radius 3 is 2.25 bits per heavy atom. The van der Waals surface area contributed by atoms with Crippen molar-refractivity contribution in [3.63, 3.8) is 0 Å². The average molecular weight is 434 g/mol. The molecule has 2 aliphatic rings. The van der Waals surface area contributed by atoms with E-state index in [0.717, 1.165) is 37.2 Å². The Balaban J connectivity index is 1.40. The lowest BCUT2D eigenvalue weighted by molar-refractivity contribution is 0.0614. The highest BCUT2D eigenvalue weighted by Crippen LogP contribution is 2.42. The minimum absolute atomic E-state index is 0.0268. The molecule has 0 spiro atoms. The minimum Gasteiger partial charge on any atom is -0.335 e. The topological polar surface area (TPSA) is 36.4 Å². The summed E-state index contributed by atoms with van der Waals surface area (Å²) in [6, 6.07) is 17.0. The second kappa shape index (κ2) is 8.79. The van der Waals surface area contributed by atoms with Gasteiger partial charge in [-0.25, -0.2) is 8.78 Å². The summed E-state index contributed by atoms with van der Waals surface area (Å²) in [6.45, 7) is 3.07. The number of likely N-dealkylation sites (tertiary alicyclic amines) is 2. The molecule has 4 nitrogen and oxygen atoms in total. The number of hydrogen-bond acceptors (Lipinski definition) is 3. The van der Waals surface area contributed by atoms with E-state index in [-0.39, 0.29) is 35.4 Å². The van der Waals surface area contributed by atoms with Gasteiger partial charge in [-0.3, -0.25) is 14.7 Å². The highest BCUT2D eigenvalue weighted by atomic mass is 19.1. The zero-order chi connectivity index (χ0) is 22.1. The third kappa shape index (κ3) is 4.15. The molecule has 1 amide bonds. The van der Waals surface area contributed by atoms with Crippen LogP contribution in [0.15, 0.2) is 73.1 Å². The summed E-state index contributed by atoms with van der Waals surface area (Å²) in [5.74, 6) is -0.0682. The first-order valence-electron chi connectivity index (χ1n) is 11.0. The number of carbonyl (C=O) groups excluding carboxylic acids is 1. The average Bonchev–Trinajstić information content (AvgIpc) is 3.20. The maximum absolute atomic E-state index is 13.6. The van der Waals surface area contributed by atoms with Crippen molar-refractivity contribution in [2.45, 2.75) is 24.9 Å². The van der Waals surface area contributed by atoms with Crippen molar-refractivity contribution >= 4 is 5.91 Å². The van der Waals surface area contributed by atoms with Crippen LogP contribution >= 0.6 is 0 Å². The van der Waals surface area contributed by atoms with Gasteiger partial charge in [0.1, 0.15) is 11.6 Å². The molecule has 1 aromatic heterocycles. The zero-order valence-electron chi connectivity index (χ0n) is 17.7. The number of nitrogens with zero attached hydrogens (tertiary/aromatic N) is 3. The number of fused-ring (bicyclic) bond motifs is 1. The largest absolute Gasteiger partial charge is 0.335 e. The van der Waals surface area contributed by atoms with Gasteiger partial charge in [-0.2, -0.15) is 0 Å². The van der Waals surface area contributed by atoms with Crippen LogP contribution in [-0.2, 0) is 6.54 Å². The summed E-state index contributed by atoms with van der Waals surface area (Å²) in [6.07, 6.45) is 4.16. The van der Waals surface area contributed by atoms with Crippen LogP contribution in [0.4, 0.5) is 8.78 Å².